The lowest BCUT2D eigenvalue weighted by molar-refractivity contribution is 1.22. The third-order valence-corrected chi connectivity index (χ3v) is 5.10. The van der Waals surface area contributed by atoms with E-state index in [0.717, 1.165) is 16.4 Å². The van der Waals surface area contributed by atoms with Crippen LogP contribution < -0.4 is 5.43 Å². The maximum absolute atomic E-state index is 4.59. The Kier molecular flexibility index (Phi) is 4.76. The molecule has 2 aromatic carbocycles. The first-order valence-corrected chi connectivity index (χ1v) is 8.81. The number of hydrogen-bond donors (Lipinski definition) is 1. The Morgan fingerprint density at radius 3 is 2.33 bits per heavy atom. The van der Waals surface area contributed by atoms with Crippen molar-refractivity contribution in [3.05, 3.63) is 69.6 Å². The molecule has 1 heterocycles. The van der Waals surface area contributed by atoms with Crippen molar-refractivity contribution in [2.75, 3.05) is 5.43 Å². The highest BCUT2D eigenvalue weighted by Crippen LogP contribution is 2.25. The molecular weight excluding hydrogens is 314 g/mol. The molecule has 1 aromatic heterocycles. The molecule has 1 N–H and O–H groups in total. The minimum absolute atomic E-state index is 0.796. The highest BCUT2D eigenvalue weighted by atomic mass is 32.1. The van der Waals surface area contributed by atoms with E-state index < -0.39 is 0 Å². The third-order valence-electron chi connectivity index (χ3n) is 4.35. The zero-order valence-electron chi connectivity index (χ0n) is 14.4. The zero-order valence-corrected chi connectivity index (χ0v) is 15.2. The van der Waals surface area contributed by atoms with Crippen LogP contribution in [0.2, 0.25) is 0 Å². The number of rotatable bonds is 4. The lowest BCUT2D eigenvalue weighted by Gasteiger charge is -2.11. The van der Waals surface area contributed by atoms with Crippen molar-refractivity contribution >= 4 is 22.7 Å². The van der Waals surface area contributed by atoms with Crippen molar-refractivity contribution < 1.29 is 0 Å². The minimum Gasteiger partial charge on any atom is -0.253 e. The van der Waals surface area contributed by atoms with Gasteiger partial charge in [0.2, 0.25) is 5.13 Å². The van der Waals surface area contributed by atoms with Gasteiger partial charge in [-0.2, -0.15) is 5.10 Å². The number of thiazole rings is 1. The number of nitrogens with zero attached hydrogens (tertiary/aromatic N) is 2. The van der Waals surface area contributed by atoms with Crippen LogP contribution in [-0.4, -0.2) is 11.2 Å². The normalized spacial score (nSPS) is 11.2. The summed E-state index contributed by atoms with van der Waals surface area (Å²) in [5.74, 6) is 0. The van der Waals surface area contributed by atoms with Gasteiger partial charge in [0.15, 0.2) is 0 Å². The Morgan fingerprint density at radius 2 is 1.67 bits per heavy atom. The van der Waals surface area contributed by atoms with Crippen LogP contribution in [0.3, 0.4) is 0 Å². The maximum atomic E-state index is 4.59. The Balaban J connectivity index is 1.78. The van der Waals surface area contributed by atoms with Gasteiger partial charge in [-0.25, -0.2) is 4.98 Å². The third kappa shape index (κ3) is 3.39. The van der Waals surface area contributed by atoms with Gasteiger partial charge in [0, 0.05) is 16.5 Å². The van der Waals surface area contributed by atoms with Crippen LogP contribution >= 0.6 is 11.3 Å². The topological polar surface area (TPSA) is 37.3 Å². The van der Waals surface area contributed by atoms with Gasteiger partial charge in [-0.05, 0) is 49.9 Å². The van der Waals surface area contributed by atoms with Gasteiger partial charge in [-0.15, -0.1) is 11.3 Å². The average molecular weight is 335 g/mol. The summed E-state index contributed by atoms with van der Waals surface area (Å²) in [6.45, 7) is 8.55. The number of hydrogen-bond acceptors (Lipinski definition) is 4. The van der Waals surface area contributed by atoms with E-state index in [1.807, 2.05) is 29.8 Å². The molecule has 0 fully saturated rings. The molecular formula is C20H21N3S. The van der Waals surface area contributed by atoms with Crippen molar-refractivity contribution in [2.24, 2.45) is 5.10 Å². The molecule has 0 amide bonds. The van der Waals surface area contributed by atoms with Gasteiger partial charge in [-0.1, -0.05) is 36.4 Å². The van der Waals surface area contributed by atoms with Gasteiger partial charge in [0.25, 0.3) is 0 Å². The molecule has 0 aliphatic rings. The van der Waals surface area contributed by atoms with Crippen LogP contribution in [0.25, 0.3) is 11.3 Å². The van der Waals surface area contributed by atoms with Gasteiger partial charge < -0.3 is 0 Å². The quantitative estimate of drug-likeness (QED) is 0.505. The predicted octanol–water partition coefficient (Wildman–Crippen LogP) is 5.49. The van der Waals surface area contributed by atoms with E-state index in [9.17, 15) is 0 Å². The van der Waals surface area contributed by atoms with Crippen LogP contribution in [0.15, 0.2) is 46.9 Å². The smallest absolute Gasteiger partial charge is 0.203 e. The predicted molar refractivity (Wildman–Crippen MR) is 104 cm³/mol. The Hall–Kier alpha value is -2.46. The van der Waals surface area contributed by atoms with Crippen molar-refractivity contribution in [3.63, 3.8) is 0 Å². The summed E-state index contributed by atoms with van der Waals surface area (Å²) in [5.41, 5.74) is 11.4. The van der Waals surface area contributed by atoms with Crippen molar-refractivity contribution in [2.45, 2.75) is 27.7 Å². The number of aromatic nitrogens is 1. The second-order valence-electron chi connectivity index (χ2n) is 5.95. The second kappa shape index (κ2) is 6.97. The molecule has 3 nitrogen and oxygen atoms in total. The van der Waals surface area contributed by atoms with Gasteiger partial charge >= 0.3 is 0 Å². The van der Waals surface area contributed by atoms with E-state index in [-0.39, 0.29) is 0 Å². The summed E-state index contributed by atoms with van der Waals surface area (Å²) < 4.78 is 0. The highest BCUT2D eigenvalue weighted by molar-refractivity contribution is 7.14. The lowest BCUT2D eigenvalue weighted by atomic mass is 9.95. The fraction of sp³-hybridized carbons (Fsp3) is 0.200. The molecule has 4 heteroatoms. The molecule has 0 unspecified atom stereocenters. The maximum Gasteiger partial charge on any atom is 0.203 e. The molecule has 0 radical (unpaired) electrons. The molecule has 0 atom stereocenters. The zero-order chi connectivity index (χ0) is 17.1. The fourth-order valence-corrected chi connectivity index (χ4v) is 3.33. The number of anilines is 1. The molecule has 0 bridgehead atoms. The summed E-state index contributed by atoms with van der Waals surface area (Å²) in [4.78, 5) is 4.59. The fourth-order valence-electron chi connectivity index (χ4n) is 2.66. The van der Waals surface area contributed by atoms with Crippen molar-refractivity contribution in [1.29, 1.82) is 0 Å². The number of aryl methyl sites for hydroxylation is 2. The van der Waals surface area contributed by atoms with E-state index in [1.54, 1.807) is 11.3 Å². The molecule has 3 aromatic rings. The molecule has 0 saturated heterocycles. The van der Waals surface area contributed by atoms with Crippen LogP contribution in [0.4, 0.5) is 5.13 Å². The number of nitrogens with one attached hydrogen (secondary N) is 1. The van der Waals surface area contributed by atoms with E-state index in [2.05, 4.69) is 61.4 Å². The standard InChI is InChI=1S/C20H21N3S/c1-13-10-14(2)16(4)18(15(13)3)11-21-23-20-22-19(12-24-20)17-8-6-5-7-9-17/h5-12H,1-4H3,(H,22,23). The van der Waals surface area contributed by atoms with E-state index in [1.165, 1.54) is 27.8 Å². The van der Waals surface area contributed by atoms with Crippen LogP contribution in [-0.2, 0) is 0 Å². The Morgan fingerprint density at radius 1 is 1.00 bits per heavy atom. The SMILES string of the molecule is Cc1cc(C)c(C)c(C=NNc2nc(-c3ccccc3)cs2)c1C. The van der Waals surface area contributed by atoms with E-state index in [4.69, 9.17) is 0 Å². The molecule has 3 rings (SSSR count). The lowest BCUT2D eigenvalue weighted by Crippen LogP contribution is -1.99. The number of hydrazone groups is 1. The Labute approximate surface area is 147 Å². The van der Waals surface area contributed by atoms with Crippen molar-refractivity contribution in [3.8, 4) is 11.3 Å². The van der Waals surface area contributed by atoms with E-state index in [0.29, 0.717) is 0 Å². The summed E-state index contributed by atoms with van der Waals surface area (Å²) in [5, 5.41) is 7.23. The minimum atomic E-state index is 0.796. The summed E-state index contributed by atoms with van der Waals surface area (Å²) in [6, 6.07) is 12.4. The monoisotopic (exact) mass is 335 g/mol. The summed E-state index contributed by atoms with van der Waals surface area (Å²) in [6.07, 6.45) is 1.90. The van der Waals surface area contributed by atoms with Gasteiger partial charge in [-0.3, -0.25) is 5.43 Å². The van der Waals surface area contributed by atoms with Crippen molar-refractivity contribution in [1.82, 2.24) is 4.98 Å². The largest absolute Gasteiger partial charge is 0.253 e. The molecule has 0 spiro atoms. The average Bonchev–Trinajstić information content (AvgIpc) is 3.06. The first-order chi connectivity index (χ1) is 11.6. The second-order valence-corrected chi connectivity index (χ2v) is 6.81. The molecule has 24 heavy (non-hydrogen) atoms. The van der Waals surface area contributed by atoms with Crippen LogP contribution in [0.5, 0.6) is 0 Å². The first kappa shape index (κ1) is 16.4. The molecule has 0 aliphatic carbocycles. The summed E-state index contributed by atoms with van der Waals surface area (Å²) in [7, 11) is 0. The molecule has 0 saturated carbocycles. The highest BCUT2D eigenvalue weighted by Gasteiger charge is 2.07. The van der Waals surface area contributed by atoms with E-state index >= 15 is 0 Å². The Bertz CT molecular complexity index is 853. The first-order valence-electron chi connectivity index (χ1n) is 7.93. The molecule has 0 aliphatic heterocycles. The summed E-state index contributed by atoms with van der Waals surface area (Å²) >= 11 is 1.56. The van der Waals surface area contributed by atoms with Gasteiger partial charge in [0.1, 0.15) is 0 Å². The molecule has 122 valence electrons. The van der Waals surface area contributed by atoms with Crippen LogP contribution in [0, 0.1) is 27.7 Å². The number of benzene rings is 2. The van der Waals surface area contributed by atoms with Crippen LogP contribution in [0.1, 0.15) is 27.8 Å². The van der Waals surface area contributed by atoms with Gasteiger partial charge in [0.05, 0.1) is 11.9 Å².